The van der Waals surface area contributed by atoms with Crippen LogP contribution in [0.2, 0.25) is 0 Å². The zero-order valence-corrected chi connectivity index (χ0v) is 26.9. The van der Waals surface area contributed by atoms with Gasteiger partial charge >= 0.3 is 0 Å². The van der Waals surface area contributed by atoms with E-state index in [-0.39, 0.29) is 0 Å². The fraction of sp³-hybridized carbons (Fsp3) is 0.212. The molecule has 0 radical (unpaired) electrons. The van der Waals surface area contributed by atoms with Crippen LogP contribution in [-0.2, 0) is 6.42 Å². The Kier molecular flexibility index (Phi) is 7.96. The molecule has 0 saturated carbocycles. The Hall–Kier alpha value is -3.82. The number of hydrogen-bond donors (Lipinski definition) is 2. The van der Waals surface area contributed by atoms with Crippen molar-refractivity contribution in [3.8, 4) is 28.4 Å². The number of halogens is 2. The molecule has 2 aliphatic heterocycles. The van der Waals surface area contributed by atoms with Gasteiger partial charge in [0.25, 0.3) is 0 Å². The molecule has 9 heteroatoms. The molecule has 2 aliphatic rings. The van der Waals surface area contributed by atoms with E-state index in [9.17, 15) is 0 Å². The van der Waals surface area contributed by atoms with Crippen LogP contribution in [0.1, 0.15) is 48.1 Å². The molecule has 0 unspecified atom stereocenters. The molecule has 0 amide bonds. The van der Waals surface area contributed by atoms with Crippen molar-refractivity contribution in [1.82, 2.24) is 19.9 Å². The lowest BCUT2D eigenvalue weighted by atomic mass is 10.0. The quantitative estimate of drug-likeness (QED) is 0.175. The first kappa shape index (κ1) is 28.3. The molecule has 0 saturated heterocycles. The Bertz CT molecular complexity index is 1790. The molecule has 5 heterocycles. The van der Waals surface area contributed by atoms with Gasteiger partial charge in [-0.3, -0.25) is 0 Å². The number of aromatic amines is 2. The minimum absolute atomic E-state index is 0.619. The highest BCUT2D eigenvalue weighted by atomic mass is 79.9. The van der Waals surface area contributed by atoms with Crippen molar-refractivity contribution in [2.45, 2.75) is 26.2 Å². The second-order valence-corrected chi connectivity index (χ2v) is 11.6. The Labute approximate surface area is 260 Å². The van der Waals surface area contributed by atoms with E-state index in [2.05, 4.69) is 73.0 Å². The number of ether oxygens (including phenoxy) is 3. The summed E-state index contributed by atoms with van der Waals surface area (Å²) in [5.41, 5.74) is 9.93. The third kappa shape index (κ3) is 5.05. The van der Waals surface area contributed by atoms with Crippen LogP contribution in [0.3, 0.4) is 0 Å². The van der Waals surface area contributed by atoms with Crippen LogP contribution in [0, 0.1) is 0 Å². The Balaban J connectivity index is 1.76. The molecule has 7 nitrogen and oxygen atoms in total. The summed E-state index contributed by atoms with van der Waals surface area (Å²) in [5.74, 6) is 1.88. The van der Waals surface area contributed by atoms with E-state index in [1.807, 2.05) is 36.4 Å². The number of rotatable bonds is 7. The molecule has 0 fully saturated rings. The summed E-state index contributed by atoms with van der Waals surface area (Å²) < 4.78 is 19.0. The highest BCUT2D eigenvalue weighted by Gasteiger charge is 2.20. The minimum Gasteiger partial charge on any atom is -0.496 e. The minimum atomic E-state index is 0.619. The molecule has 1 aromatic carbocycles. The summed E-state index contributed by atoms with van der Waals surface area (Å²) in [6, 6.07) is 11.9. The lowest BCUT2D eigenvalue weighted by molar-refractivity contribution is 0.377. The Morgan fingerprint density at radius 3 is 1.57 bits per heavy atom. The highest BCUT2D eigenvalue weighted by molar-refractivity contribution is 9.11. The van der Waals surface area contributed by atoms with E-state index in [1.165, 1.54) is 0 Å². The number of hydrogen-bond acceptors (Lipinski definition) is 5. The first-order chi connectivity index (χ1) is 20.4. The fourth-order valence-electron chi connectivity index (χ4n) is 5.33. The van der Waals surface area contributed by atoms with Crippen LogP contribution >= 0.6 is 31.9 Å². The maximum atomic E-state index is 5.88. The van der Waals surface area contributed by atoms with Crippen LogP contribution in [0.15, 0.2) is 45.3 Å². The van der Waals surface area contributed by atoms with Gasteiger partial charge in [0.15, 0.2) is 0 Å². The van der Waals surface area contributed by atoms with E-state index >= 15 is 0 Å². The normalized spacial score (nSPS) is 12.1. The van der Waals surface area contributed by atoms with Crippen molar-refractivity contribution in [2.24, 2.45) is 0 Å². The zero-order chi connectivity index (χ0) is 29.4. The number of benzene rings is 1. The first-order valence-corrected chi connectivity index (χ1v) is 15.3. The molecule has 214 valence electrons. The van der Waals surface area contributed by atoms with Crippen molar-refractivity contribution in [2.75, 3.05) is 21.3 Å². The number of H-pyrrole nitrogens is 2. The molecule has 6 rings (SSSR count). The van der Waals surface area contributed by atoms with Crippen LogP contribution in [-0.4, -0.2) is 41.3 Å². The molecule has 4 aromatic rings. The maximum absolute atomic E-state index is 5.88. The Morgan fingerprint density at radius 1 is 0.643 bits per heavy atom. The van der Waals surface area contributed by atoms with E-state index in [4.69, 9.17) is 24.2 Å². The molecular weight excluding hydrogens is 660 g/mol. The van der Waals surface area contributed by atoms with Crippen molar-refractivity contribution in [1.29, 1.82) is 0 Å². The summed E-state index contributed by atoms with van der Waals surface area (Å²) in [6.45, 7) is 2.20. The van der Waals surface area contributed by atoms with Gasteiger partial charge in [0.05, 0.1) is 69.6 Å². The third-order valence-corrected chi connectivity index (χ3v) is 9.14. The van der Waals surface area contributed by atoms with Crippen LogP contribution in [0.25, 0.3) is 57.5 Å². The largest absolute Gasteiger partial charge is 0.496 e. The SMILES string of the molecule is CCCCc1c2nc(c(Br)c3ccc([nH]3)c(-c3c(OC)cc(OC)cc3OC)c3ccc([nH]3)c(Br)c3nc1C=C3)C=C2. The second kappa shape index (κ2) is 11.8. The predicted molar refractivity (Wildman–Crippen MR) is 178 cm³/mol. The molecule has 42 heavy (non-hydrogen) atoms. The summed E-state index contributed by atoms with van der Waals surface area (Å²) >= 11 is 7.67. The molecule has 0 spiro atoms. The number of methoxy groups -OCH3 is 3. The molecule has 8 bridgehead atoms. The Morgan fingerprint density at radius 2 is 1.12 bits per heavy atom. The number of aromatic nitrogens is 4. The number of nitrogens with one attached hydrogen (secondary N) is 2. The zero-order valence-electron chi connectivity index (χ0n) is 23.8. The van der Waals surface area contributed by atoms with Crippen molar-refractivity contribution in [3.63, 3.8) is 0 Å². The summed E-state index contributed by atoms with van der Waals surface area (Å²) in [6.07, 6.45) is 11.3. The third-order valence-electron chi connectivity index (χ3n) is 7.48. The average molecular weight is 690 g/mol. The van der Waals surface area contributed by atoms with Gasteiger partial charge < -0.3 is 24.2 Å². The average Bonchev–Trinajstić information content (AvgIpc) is 3.84. The number of fused-ring (bicyclic) bond motifs is 8. The lowest BCUT2D eigenvalue weighted by Gasteiger charge is -2.15. The van der Waals surface area contributed by atoms with E-state index in [0.29, 0.717) is 17.2 Å². The summed E-state index contributed by atoms with van der Waals surface area (Å²) in [5, 5.41) is 0. The van der Waals surface area contributed by atoms with Gasteiger partial charge in [-0.1, -0.05) is 13.3 Å². The summed E-state index contributed by atoms with van der Waals surface area (Å²) in [7, 11) is 4.91. The molecule has 0 aliphatic carbocycles. The van der Waals surface area contributed by atoms with Gasteiger partial charge in [0, 0.05) is 34.3 Å². The number of unbranched alkanes of at least 4 members (excludes halogenated alkanes) is 1. The van der Waals surface area contributed by atoms with E-state index < -0.39 is 0 Å². The van der Waals surface area contributed by atoms with E-state index in [0.717, 1.165) is 89.7 Å². The van der Waals surface area contributed by atoms with Gasteiger partial charge in [0.1, 0.15) is 17.2 Å². The van der Waals surface area contributed by atoms with Crippen molar-refractivity contribution < 1.29 is 14.2 Å². The van der Waals surface area contributed by atoms with Gasteiger partial charge in [0.2, 0.25) is 0 Å². The predicted octanol–water partition coefficient (Wildman–Crippen LogP) is 9.22. The van der Waals surface area contributed by atoms with Crippen LogP contribution in [0.5, 0.6) is 17.2 Å². The van der Waals surface area contributed by atoms with Gasteiger partial charge in [-0.25, -0.2) is 9.97 Å². The molecular formula is C33H30Br2N4O3. The lowest BCUT2D eigenvalue weighted by Crippen LogP contribution is -1.96. The smallest absolute Gasteiger partial charge is 0.134 e. The van der Waals surface area contributed by atoms with Crippen molar-refractivity contribution >= 4 is 78.2 Å². The van der Waals surface area contributed by atoms with Crippen LogP contribution < -0.4 is 14.2 Å². The van der Waals surface area contributed by atoms with Gasteiger partial charge in [-0.2, -0.15) is 0 Å². The molecule has 2 N–H and O–H groups in total. The van der Waals surface area contributed by atoms with Gasteiger partial charge in [-0.05, 0) is 93.3 Å². The molecule has 3 aromatic heterocycles. The van der Waals surface area contributed by atoms with Crippen LogP contribution in [0.4, 0.5) is 0 Å². The number of nitrogens with zero attached hydrogens (tertiary/aromatic N) is 2. The highest BCUT2D eigenvalue weighted by Crippen LogP contribution is 2.45. The monoisotopic (exact) mass is 688 g/mol. The topological polar surface area (TPSA) is 85.0 Å². The second-order valence-electron chi connectivity index (χ2n) is 9.99. The summed E-state index contributed by atoms with van der Waals surface area (Å²) in [4.78, 5) is 17.3. The van der Waals surface area contributed by atoms with Crippen molar-refractivity contribution in [3.05, 3.63) is 73.7 Å². The molecule has 0 atom stereocenters. The van der Waals surface area contributed by atoms with E-state index in [1.54, 1.807) is 21.3 Å². The maximum Gasteiger partial charge on any atom is 0.134 e. The standard InChI is InChI=1S/C33H30Br2N4O3/c1-5-6-7-19-20-8-12-24(36-20)32(34)26-14-10-22(38-26)30(31-28(41-3)16-18(40-2)17-29(31)42-4)23-11-15-27(39-23)33(35)25-13-9-21(19)37-25/h8-17,38-39H,5-7H2,1-4H3. The van der Waals surface area contributed by atoms with Gasteiger partial charge in [-0.15, -0.1) is 0 Å². The first-order valence-electron chi connectivity index (χ1n) is 13.7. The fourth-order valence-corrected chi connectivity index (χ4v) is 6.23.